The van der Waals surface area contributed by atoms with Crippen LogP contribution in [-0.4, -0.2) is 61.2 Å². The minimum atomic E-state index is -0.744. The third kappa shape index (κ3) is 4.05. The second-order valence-electron chi connectivity index (χ2n) is 5.94. The van der Waals surface area contributed by atoms with Gasteiger partial charge in [0.2, 0.25) is 0 Å². The highest BCUT2D eigenvalue weighted by molar-refractivity contribution is 5.76. The average Bonchev–Trinajstić information content (AvgIpc) is 2.82. The monoisotopic (exact) mass is 276 g/mol. The molecule has 1 aliphatic rings. The Balaban J connectivity index is 1.93. The van der Waals surface area contributed by atoms with Crippen LogP contribution >= 0.6 is 0 Å². The van der Waals surface area contributed by atoms with Gasteiger partial charge in [-0.1, -0.05) is 30.3 Å². The lowest BCUT2D eigenvalue weighted by molar-refractivity contribution is -0.139. The third-order valence-corrected chi connectivity index (χ3v) is 4.05. The largest absolute Gasteiger partial charge is 0.481 e. The fraction of sp³-hybridized carbons (Fsp3) is 0.562. The highest BCUT2D eigenvalue weighted by Crippen LogP contribution is 2.20. The van der Waals surface area contributed by atoms with Gasteiger partial charge in [0.1, 0.15) is 0 Å². The topological polar surface area (TPSA) is 43.8 Å². The maximum Gasteiger partial charge on any atom is 0.312 e. The van der Waals surface area contributed by atoms with Gasteiger partial charge < -0.3 is 14.9 Å². The van der Waals surface area contributed by atoms with Crippen LogP contribution in [0.5, 0.6) is 0 Å². The second kappa shape index (κ2) is 6.86. The number of aliphatic carboxylic acids is 1. The molecule has 4 nitrogen and oxygen atoms in total. The number of benzene rings is 1. The zero-order valence-electron chi connectivity index (χ0n) is 12.3. The first-order valence-electron chi connectivity index (χ1n) is 7.21. The molecule has 1 aliphatic heterocycles. The van der Waals surface area contributed by atoms with Crippen LogP contribution in [-0.2, 0) is 4.79 Å². The van der Waals surface area contributed by atoms with Gasteiger partial charge in [0, 0.05) is 19.6 Å². The smallest absolute Gasteiger partial charge is 0.312 e. The van der Waals surface area contributed by atoms with E-state index < -0.39 is 11.9 Å². The Bertz CT molecular complexity index is 435. The zero-order chi connectivity index (χ0) is 14.5. The minimum absolute atomic E-state index is 0.444. The van der Waals surface area contributed by atoms with Crippen molar-refractivity contribution in [1.82, 2.24) is 9.80 Å². The Morgan fingerprint density at radius 3 is 2.70 bits per heavy atom. The molecule has 0 radical (unpaired) electrons. The Morgan fingerprint density at radius 2 is 2.15 bits per heavy atom. The molecular formula is C16H24N2O2. The quantitative estimate of drug-likeness (QED) is 0.859. The fourth-order valence-corrected chi connectivity index (χ4v) is 3.01. The predicted molar refractivity (Wildman–Crippen MR) is 79.9 cm³/mol. The summed E-state index contributed by atoms with van der Waals surface area (Å²) in [6, 6.07) is 9.51. The standard InChI is InChI=1S/C16H24N2O2/c1-17-9-8-13(10-17)11-18(2)12-15(16(19)20)14-6-4-3-5-7-14/h3-7,13,15H,8-12H2,1-2H3,(H,19,20). The molecule has 1 N–H and O–H groups in total. The summed E-state index contributed by atoms with van der Waals surface area (Å²) >= 11 is 0. The number of nitrogens with zero attached hydrogens (tertiary/aromatic N) is 2. The molecule has 1 saturated heterocycles. The highest BCUT2D eigenvalue weighted by Gasteiger charge is 2.25. The highest BCUT2D eigenvalue weighted by atomic mass is 16.4. The summed E-state index contributed by atoms with van der Waals surface area (Å²) in [7, 11) is 4.17. The van der Waals surface area contributed by atoms with E-state index in [2.05, 4.69) is 16.8 Å². The fourth-order valence-electron chi connectivity index (χ4n) is 3.01. The van der Waals surface area contributed by atoms with E-state index in [-0.39, 0.29) is 0 Å². The van der Waals surface area contributed by atoms with Crippen LogP contribution in [0, 0.1) is 5.92 Å². The van der Waals surface area contributed by atoms with E-state index >= 15 is 0 Å². The van der Waals surface area contributed by atoms with Gasteiger partial charge in [-0.2, -0.15) is 0 Å². The van der Waals surface area contributed by atoms with Crippen LogP contribution in [0.15, 0.2) is 30.3 Å². The van der Waals surface area contributed by atoms with Gasteiger partial charge in [-0.05, 0) is 38.5 Å². The molecule has 0 saturated carbocycles. The van der Waals surface area contributed by atoms with Crippen molar-refractivity contribution in [3.05, 3.63) is 35.9 Å². The van der Waals surface area contributed by atoms with E-state index in [9.17, 15) is 9.90 Å². The average molecular weight is 276 g/mol. The molecule has 0 amide bonds. The second-order valence-corrected chi connectivity index (χ2v) is 5.94. The van der Waals surface area contributed by atoms with Gasteiger partial charge in [-0.3, -0.25) is 4.79 Å². The molecule has 20 heavy (non-hydrogen) atoms. The van der Waals surface area contributed by atoms with Crippen molar-refractivity contribution in [1.29, 1.82) is 0 Å². The van der Waals surface area contributed by atoms with E-state index in [0.29, 0.717) is 12.5 Å². The molecule has 110 valence electrons. The van der Waals surface area contributed by atoms with E-state index in [1.807, 2.05) is 37.4 Å². The minimum Gasteiger partial charge on any atom is -0.481 e. The van der Waals surface area contributed by atoms with Gasteiger partial charge >= 0.3 is 5.97 Å². The van der Waals surface area contributed by atoms with Gasteiger partial charge in [-0.25, -0.2) is 0 Å². The molecule has 1 aromatic carbocycles. The molecule has 0 bridgehead atoms. The Hall–Kier alpha value is -1.39. The SMILES string of the molecule is CN1CCC(CN(C)CC(C(=O)O)c2ccccc2)C1. The molecule has 0 spiro atoms. The summed E-state index contributed by atoms with van der Waals surface area (Å²) in [6.07, 6.45) is 1.21. The maximum atomic E-state index is 11.5. The van der Waals surface area contributed by atoms with Crippen molar-refractivity contribution in [2.75, 3.05) is 40.3 Å². The van der Waals surface area contributed by atoms with Crippen molar-refractivity contribution in [3.63, 3.8) is 0 Å². The number of carboxylic acid groups (broad SMARTS) is 1. The van der Waals surface area contributed by atoms with Crippen LogP contribution in [0.25, 0.3) is 0 Å². The summed E-state index contributed by atoms with van der Waals surface area (Å²) < 4.78 is 0. The van der Waals surface area contributed by atoms with Gasteiger partial charge in [0.05, 0.1) is 5.92 Å². The van der Waals surface area contributed by atoms with Crippen LogP contribution in [0.4, 0.5) is 0 Å². The summed E-state index contributed by atoms with van der Waals surface area (Å²) in [5, 5.41) is 9.44. The first-order valence-corrected chi connectivity index (χ1v) is 7.21. The van der Waals surface area contributed by atoms with E-state index in [1.165, 1.54) is 6.42 Å². The number of rotatable bonds is 6. The Kier molecular flexibility index (Phi) is 5.15. The lowest BCUT2D eigenvalue weighted by Gasteiger charge is -2.24. The molecule has 1 heterocycles. The van der Waals surface area contributed by atoms with E-state index in [0.717, 1.165) is 25.2 Å². The lowest BCUT2D eigenvalue weighted by Crippen LogP contribution is -2.33. The lowest BCUT2D eigenvalue weighted by atomic mass is 9.98. The van der Waals surface area contributed by atoms with Crippen molar-refractivity contribution in [2.24, 2.45) is 5.92 Å². The normalized spacial score (nSPS) is 21.2. The van der Waals surface area contributed by atoms with Gasteiger partial charge in [0.25, 0.3) is 0 Å². The molecule has 2 atom stereocenters. The molecule has 0 aliphatic carbocycles. The van der Waals surface area contributed by atoms with Crippen molar-refractivity contribution in [2.45, 2.75) is 12.3 Å². The number of hydrogen-bond donors (Lipinski definition) is 1. The first-order chi connectivity index (χ1) is 9.56. The number of carbonyl (C=O) groups is 1. The van der Waals surface area contributed by atoms with E-state index in [1.54, 1.807) is 0 Å². The first kappa shape index (κ1) is 15.0. The molecule has 4 heteroatoms. The summed E-state index contributed by atoms with van der Waals surface area (Å²) in [5.41, 5.74) is 0.885. The summed E-state index contributed by atoms with van der Waals surface area (Å²) in [5.74, 6) is -0.526. The molecular weight excluding hydrogens is 252 g/mol. The summed E-state index contributed by atoms with van der Waals surface area (Å²) in [6.45, 7) is 3.81. The van der Waals surface area contributed by atoms with Gasteiger partial charge in [-0.15, -0.1) is 0 Å². The number of hydrogen-bond acceptors (Lipinski definition) is 3. The number of likely N-dealkylation sites (tertiary alicyclic amines) is 1. The van der Waals surface area contributed by atoms with E-state index in [4.69, 9.17) is 0 Å². The van der Waals surface area contributed by atoms with Crippen LogP contribution in [0.1, 0.15) is 17.9 Å². The summed E-state index contributed by atoms with van der Waals surface area (Å²) in [4.78, 5) is 16.0. The van der Waals surface area contributed by atoms with Crippen LogP contribution in [0.2, 0.25) is 0 Å². The Labute approximate surface area is 121 Å². The van der Waals surface area contributed by atoms with Gasteiger partial charge in [0.15, 0.2) is 0 Å². The molecule has 2 unspecified atom stereocenters. The van der Waals surface area contributed by atoms with Crippen molar-refractivity contribution >= 4 is 5.97 Å². The molecule has 1 aromatic rings. The molecule has 0 aromatic heterocycles. The third-order valence-electron chi connectivity index (χ3n) is 4.05. The molecule has 1 fully saturated rings. The van der Waals surface area contributed by atoms with Crippen molar-refractivity contribution < 1.29 is 9.90 Å². The maximum absolute atomic E-state index is 11.5. The Morgan fingerprint density at radius 1 is 1.45 bits per heavy atom. The zero-order valence-corrected chi connectivity index (χ0v) is 12.3. The van der Waals surface area contributed by atoms with Crippen LogP contribution in [0.3, 0.4) is 0 Å². The number of likely N-dealkylation sites (N-methyl/N-ethyl adjacent to an activating group) is 1. The van der Waals surface area contributed by atoms with Crippen molar-refractivity contribution in [3.8, 4) is 0 Å². The molecule has 2 rings (SSSR count). The predicted octanol–water partition coefficient (Wildman–Crippen LogP) is 1.74. The number of carboxylic acids is 1. The van der Waals surface area contributed by atoms with Crippen LogP contribution < -0.4 is 0 Å².